The molecule has 20 heavy (non-hydrogen) atoms. The van der Waals surface area contributed by atoms with Crippen molar-refractivity contribution in [1.29, 1.82) is 0 Å². The van der Waals surface area contributed by atoms with E-state index in [4.69, 9.17) is 9.84 Å². The second kappa shape index (κ2) is 7.23. The van der Waals surface area contributed by atoms with Crippen molar-refractivity contribution < 1.29 is 24.2 Å². The number of ether oxygens (including phenoxy) is 1. The minimum absolute atomic E-state index is 0.0350. The normalized spacial score (nSPS) is 20.6. The van der Waals surface area contributed by atoms with Crippen LogP contribution < -0.4 is 5.32 Å². The molecule has 1 fully saturated rings. The van der Waals surface area contributed by atoms with Gasteiger partial charge in [0.1, 0.15) is 6.04 Å². The average Bonchev–Trinajstić information content (AvgIpc) is 2.34. The van der Waals surface area contributed by atoms with E-state index in [1.807, 2.05) is 13.8 Å². The van der Waals surface area contributed by atoms with Crippen molar-refractivity contribution in [1.82, 2.24) is 10.2 Å². The Morgan fingerprint density at radius 3 is 2.55 bits per heavy atom. The summed E-state index contributed by atoms with van der Waals surface area (Å²) in [5.74, 6) is -1.43. The van der Waals surface area contributed by atoms with E-state index in [2.05, 4.69) is 5.32 Å². The van der Waals surface area contributed by atoms with Crippen LogP contribution >= 0.6 is 0 Å². The number of carboxylic acid groups (broad SMARTS) is 1. The highest BCUT2D eigenvalue weighted by molar-refractivity contribution is 5.87. The number of hydrogen-bond acceptors (Lipinski definition) is 4. The van der Waals surface area contributed by atoms with Crippen LogP contribution in [0.2, 0.25) is 0 Å². The monoisotopic (exact) mass is 286 g/mol. The van der Waals surface area contributed by atoms with E-state index in [0.717, 1.165) is 0 Å². The van der Waals surface area contributed by atoms with Gasteiger partial charge in [-0.2, -0.15) is 0 Å². The first kappa shape index (κ1) is 16.4. The molecule has 0 saturated carbocycles. The van der Waals surface area contributed by atoms with E-state index in [1.165, 1.54) is 6.92 Å². The van der Waals surface area contributed by atoms with Gasteiger partial charge in [-0.3, -0.25) is 14.4 Å². The molecule has 2 unspecified atom stereocenters. The molecule has 0 spiro atoms. The number of carboxylic acids is 1. The standard InChI is InChI=1S/C13H22N2O5/c1-8(2)12(14-9(3)16)13(19)15-4-5-20-10(7-15)6-11(17)18/h8,10,12H,4-7H2,1-3H3,(H,14,16)(H,17,18). The van der Waals surface area contributed by atoms with Gasteiger partial charge in [0.05, 0.1) is 19.1 Å². The fourth-order valence-corrected chi connectivity index (χ4v) is 2.17. The molecule has 7 nitrogen and oxygen atoms in total. The summed E-state index contributed by atoms with van der Waals surface area (Å²) in [5.41, 5.74) is 0. The van der Waals surface area contributed by atoms with Gasteiger partial charge < -0.3 is 20.1 Å². The maximum Gasteiger partial charge on any atom is 0.306 e. The lowest BCUT2D eigenvalue weighted by Crippen LogP contribution is -2.55. The van der Waals surface area contributed by atoms with Crippen LogP contribution in [0.4, 0.5) is 0 Å². The minimum Gasteiger partial charge on any atom is -0.481 e. The Morgan fingerprint density at radius 2 is 2.05 bits per heavy atom. The summed E-state index contributed by atoms with van der Waals surface area (Å²) >= 11 is 0. The molecule has 0 bridgehead atoms. The summed E-state index contributed by atoms with van der Waals surface area (Å²) in [6.07, 6.45) is -0.619. The van der Waals surface area contributed by atoms with Gasteiger partial charge >= 0.3 is 5.97 Å². The van der Waals surface area contributed by atoms with Gasteiger partial charge in [-0.1, -0.05) is 13.8 Å². The molecule has 2 amide bonds. The van der Waals surface area contributed by atoms with E-state index in [1.54, 1.807) is 4.90 Å². The average molecular weight is 286 g/mol. The summed E-state index contributed by atoms with van der Waals surface area (Å²) < 4.78 is 5.33. The third kappa shape index (κ3) is 4.80. The highest BCUT2D eigenvalue weighted by Gasteiger charge is 2.32. The predicted molar refractivity (Wildman–Crippen MR) is 71.0 cm³/mol. The quantitative estimate of drug-likeness (QED) is 0.732. The van der Waals surface area contributed by atoms with Gasteiger partial charge in [0, 0.05) is 20.0 Å². The van der Waals surface area contributed by atoms with Crippen molar-refractivity contribution in [3.63, 3.8) is 0 Å². The molecule has 1 heterocycles. The van der Waals surface area contributed by atoms with Crippen molar-refractivity contribution in [2.45, 2.75) is 39.3 Å². The molecule has 0 aromatic carbocycles. The highest BCUT2D eigenvalue weighted by Crippen LogP contribution is 2.13. The zero-order valence-electron chi connectivity index (χ0n) is 12.1. The third-order valence-corrected chi connectivity index (χ3v) is 3.14. The van der Waals surface area contributed by atoms with Crippen LogP contribution in [0.15, 0.2) is 0 Å². The number of hydrogen-bond donors (Lipinski definition) is 2. The molecule has 0 radical (unpaired) electrons. The zero-order valence-corrected chi connectivity index (χ0v) is 12.1. The molecule has 2 N–H and O–H groups in total. The molecular weight excluding hydrogens is 264 g/mol. The molecule has 114 valence electrons. The minimum atomic E-state index is -0.952. The molecule has 0 aromatic rings. The molecule has 0 aromatic heterocycles. The lowest BCUT2D eigenvalue weighted by Gasteiger charge is -2.35. The topological polar surface area (TPSA) is 95.9 Å². The van der Waals surface area contributed by atoms with Crippen molar-refractivity contribution in [2.75, 3.05) is 19.7 Å². The molecule has 1 saturated heterocycles. The summed E-state index contributed by atoms with van der Waals surface area (Å²) in [4.78, 5) is 35.8. The van der Waals surface area contributed by atoms with Crippen LogP contribution in [0.1, 0.15) is 27.2 Å². The summed E-state index contributed by atoms with van der Waals surface area (Å²) in [6, 6.07) is -0.587. The highest BCUT2D eigenvalue weighted by atomic mass is 16.5. The summed E-state index contributed by atoms with van der Waals surface area (Å²) in [7, 11) is 0. The lowest BCUT2D eigenvalue weighted by molar-refractivity contribution is -0.149. The first-order valence-electron chi connectivity index (χ1n) is 6.70. The Bertz CT molecular complexity index is 383. The number of amides is 2. The van der Waals surface area contributed by atoms with Crippen LogP contribution in [0.25, 0.3) is 0 Å². The van der Waals surface area contributed by atoms with Crippen molar-refractivity contribution >= 4 is 17.8 Å². The Balaban J connectivity index is 2.68. The van der Waals surface area contributed by atoms with E-state index >= 15 is 0 Å². The molecular formula is C13H22N2O5. The lowest BCUT2D eigenvalue weighted by atomic mass is 10.0. The van der Waals surface area contributed by atoms with Crippen molar-refractivity contribution in [2.24, 2.45) is 5.92 Å². The van der Waals surface area contributed by atoms with E-state index < -0.39 is 18.1 Å². The predicted octanol–water partition coefficient (Wildman–Crippen LogP) is -0.151. The van der Waals surface area contributed by atoms with Crippen LogP contribution in [-0.4, -0.2) is 59.6 Å². The first-order chi connectivity index (χ1) is 9.31. The maximum atomic E-state index is 12.4. The molecule has 1 rings (SSSR count). The van der Waals surface area contributed by atoms with Crippen LogP contribution in [-0.2, 0) is 19.1 Å². The Labute approximate surface area is 118 Å². The number of morpholine rings is 1. The smallest absolute Gasteiger partial charge is 0.306 e. The van der Waals surface area contributed by atoms with Gasteiger partial charge in [0.15, 0.2) is 0 Å². The Morgan fingerprint density at radius 1 is 1.40 bits per heavy atom. The molecule has 1 aliphatic heterocycles. The van der Waals surface area contributed by atoms with Gasteiger partial charge in [-0.05, 0) is 5.92 Å². The largest absolute Gasteiger partial charge is 0.481 e. The summed E-state index contributed by atoms with van der Waals surface area (Å²) in [6.45, 7) is 6.05. The van der Waals surface area contributed by atoms with Crippen LogP contribution in [0, 0.1) is 5.92 Å². The van der Waals surface area contributed by atoms with Crippen molar-refractivity contribution in [3.8, 4) is 0 Å². The zero-order chi connectivity index (χ0) is 15.3. The molecule has 7 heteroatoms. The van der Waals surface area contributed by atoms with Gasteiger partial charge in [-0.15, -0.1) is 0 Å². The molecule has 2 atom stereocenters. The summed E-state index contributed by atoms with van der Waals surface area (Å²) in [5, 5.41) is 11.4. The number of nitrogens with one attached hydrogen (secondary N) is 1. The molecule has 0 aliphatic carbocycles. The maximum absolute atomic E-state index is 12.4. The number of rotatable bonds is 5. The second-order valence-electron chi connectivity index (χ2n) is 5.30. The van der Waals surface area contributed by atoms with E-state index in [9.17, 15) is 14.4 Å². The third-order valence-electron chi connectivity index (χ3n) is 3.14. The van der Waals surface area contributed by atoms with Crippen molar-refractivity contribution in [3.05, 3.63) is 0 Å². The van der Waals surface area contributed by atoms with Gasteiger partial charge in [0.2, 0.25) is 11.8 Å². The fraction of sp³-hybridized carbons (Fsp3) is 0.769. The fourth-order valence-electron chi connectivity index (χ4n) is 2.17. The number of nitrogens with zero attached hydrogens (tertiary/aromatic N) is 1. The van der Waals surface area contributed by atoms with Crippen LogP contribution in [0.5, 0.6) is 0 Å². The molecule has 1 aliphatic rings. The number of carbonyl (C=O) groups excluding carboxylic acids is 2. The second-order valence-corrected chi connectivity index (χ2v) is 5.30. The number of aliphatic carboxylic acids is 1. The Hall–Kier alpha value is -1.63. The van der Waals surface area contributed by atoms with Gasteiger partial charge in [-0.25, -0.2) is 0 Å². The SMILES string of the molecule is CC(=O)NC(C(=O)N1CCOC(CC(=O)O)C1)C(C)C. The van der Waals surface area contributed by atoms with Gasteiger partial charge in [0.25, 0.3) is 0 Å². The number of carbonyl (C=O) groups is 3. The van der Waals surface area contributed by atoms with E-state index in [-0.39, 0.29) is 30.7 Å². The van der Waals surface area contributed by atoms with E-state index in [0.29, 0.717) is 13.2 Å². The Kier molecular flexibility index (Phi) is 5.94. The first-order valence-corrected chi connectivity index (χ1v) is 6.70. The van der Waals surface area contributed by atoms with Crippen LogP contribution in [0.3, 0.4) is 0 Å².